The molecule has 0 spiro atoms. The molecular formula is C17H23N4O3S+. The molecule has 1 aromatic heterocycles. The summed E-state index contributed by atoms with van der Waals surface area (Å²) in [5.74, 6) is -1.34. The number of hydrogen-bond donors (Lipinski definition) is 3. The maximum absolute atomic E-state index is 12.1. The van der Waals surface area contributed by atoms with Crippen LogP contribution in [0.25, 0.3) is 0 Å². The number of nitrogens with one attached hydrogen (secondary N) is 3. The van der Waals surface area contributed by atoms with Gasteiger partial charge in [-0.2, -0.15) is 5.26 Å². The van der Waals surface area contributed by atoms with E-state index in [-0.39, 0.29) is 0 Å². The Bertz CT molecular complexity index is 689. The summed E-state index contributed by atoms with van der Waals surface area (Å²) in [5.41, 5.74) is 1.56. The molecular weight excluding hydrogens is 340 g/mol. The number of carbonyl (C=O) groups excluding carboxylic acids is 2. The average Bonchev–Trinajstić information content (AvgIpc) is 3.20. The van der Waals surface area contributed by atoms with Gasteiger partial charge in [-0.15, -0.1) is 11.3 Å². The fraction of sp³-hybridized carbons (Fsp3) is 0.588. The Labute approximate surface area is 150 Å². The van der Waals surface area contributed by atoms with Gasteiger partial charge < -0.3 is 20.3 Å². The van der Waals surface area contributed by atoms with Crippen molar-refractivity contribution < 1.29 is 19.2 Å². The predicted molar refractivity (Wildman–Crippen MR) is 93.7 cm³/mol. The monoisotopic (exact) mass is 363 g/mol. The molecule has 2 amide bonds. The van der Waals surface area contributed by atoms with Crippen molar-refractivity contribution in [1.82, 2.24) is 5.32 Å². The normalized spacial score (nSPS) is 16.9. The van der Waals surface area contributed by atoms with Crippen molar-refractivity contribution in [2.45, 2.75) is 25.7 Å². The van der Waals surface area contributed by atoms with Gasteiger partial charge in [0.2, 0.25) is 0 Å². The summed E-state index contributed by atoms with van der Waals surface area (Å²) in [6.45, 7) is 5.00. The van der Waals surface area contributed by atoms with Crippen LogP contribution < -0.4 is 15.5 Å². The Balaban J connectivity index is 1.44. The van der Waals surface area contributed by atoms with Gasteiger partial charge in [0.1, 0.15) is 24.2 Å². The summed E-state index contributed by atoms with van der Waals surface area (Å²) in [6.07, 6.45) is 3.70. The number of carbonyl (C=O) groups is 2. The van der Waals surface area contributed by atoms with Gasteiger partial charge in [0.05, 0.1) is 25.3 Å². The lowest BCUT2D eigenvalue weighted by molar-refractivity contribution is -0.908. The van der Waals surface area contributed by atoms with E-state index in [0.717, 1.165) is 69.0 Å². The zero-order chi connectivity index (χ0) is 17.6. The highest BCUT2D eigenvalue weighted by atomic mass is 32.1. The van der Waals surface area contributed by atoms with Crippen molar-refractivity contribution in [3.05, 3.63) is 16.0 Å². The van der Waals surface area contributed by atoms with Crippen LogP contribution in [-0.2, 0) is 27.2 Å². The number of aryl methyl sites for hydroxylation is 1. The lowest BCUT2D eigenvalue weighted by Crippen LogP contribution is -3.14. The van der Waals surface area contributed by atoms with Gasteiger partial charge in [0.25, 0.3) is 0 Å². The first-order valence-corrected chi connectivity index (χ1v) is 9.56. The number of morpholine rings is 1. The third-order valence-corrected chi connectivity index (χ3v) is 5.87. The Morgan fingerprint density at radius 2 is 2.04 bits per heavy atom. The quantitative estimate of drug-likeness (QED) is 0.484. The molecule has 2 heterocycles. The molecule has 3 N–H and O–H groups in total. The van der Waals surface area contributed by atoms with E-state index in [1.807, 2.05) is 0 Å². The maximum atomic E-state index is 12.1. The van der Waals surface area contributed by atoms with Crippen molar-refractivity contribution >= 4 is 28.2 Å². The highest BCUT2D eigenvalue weighted by molar-refractivity contribution is 7.16. The standard InChI is InChI=1S/C17H22N4O3S/c18-11-13-12-3-1-4-14(12)25-17(13)20-16(23)15(22)19-5-2-6-21-7-9-24-10-8-21/h1-10H2,(H,19,22)(H,20,23)/p+1. The van der Waals surface area contributed by atoms with E-state index in [1.54, 1.807) is 0 Å². The minimum Gasteiger partial charge on any atom is -0.370 e. The molecule has 0 unspecified atom stereocenters. The van der Waals surface area contributed by atoms with E-state index < -0.39 is 11.8 Å². The zero-order valence-corrected chi connectivity index (χ0v) is 15.0. The van der Waals surface area contributed by atoms with Gasteiger partial charge in [-0.3, -0.25) is 9.59 Å². The third kappa shape index (κ3) is 4.37. The number of hydrogen-bond acceptors (Lipinski definition) is 5. The summed E-state index contributed by atoms with van der Waals surface area (Å²) in [4.78, 5) is 26.6. The molecule has 0 bridgehead atoms. The first-order valence-electron chi connectivity index (χ1n) is 8.74. The number of amides is 2. The van der Waals surface area contributed by atoms with E-state index in [0.29, 0.717) is 17.1 Å². The Kier molecular flexibility index (Phi) is 6.02. The van der Waals surface area contributed by atoms with Gasteiger partial charge in [-0.1, -0.05) is 0 Å². The highest BCUT2D eigenvalue weighted by Gasteiger charge is 2.24. The van der Waals surface area contributed by atoms with Crippen LogP contribution in [0.15, 0.2) is 0 Å². The van der Waals surface area contributed by atoms with Crippen LogP contribution in [0, 0.1) is 11.3 Å². The van der Waals surface area contributed by atoms with Crippen molar-refractivity contribution in [2.75, 3.05) is 44.7 Å². The molecule has 7 nitrogen and oxygen atoms in total. The molecule has 134 valence electrons. The van der Waals surface area contributed by atoms with Crippen LogP contribution in [0.1, 0.15) is 28.8 Å². The van der Waals surface area contributed by atoms with Gasteiger partial charge >= 0.3 is 11.8 Å². The molecule has 0 radical (unpaired) electrons. The fourth-order valence-electron chi connectivity index (χ4n) is 3.30. The van der Waals surface area contributed by atoms with E-state index in [1.165, 1.54) is 16.2 Å². The lowest BCUT2D eigenvalue weighted by atomic mass is 10.1. The summed E-state index contributed by atoms with van der Waals surface area (Å²) < 4.78 is 5.31. The van der Waals surface area contributed by atoms with Crippen LogP contribution in [0.4, 0.5) is 5.00 Å². The molecule has 1 saturated heterocycles. The van der Waals surface area contributed by atoms with Crippen LogP contribution in [0.3, 0.4) is 0 Å². The van der Waals surface area contributed by atoms with E-state index in [4.69, 9.17) is 4.74 Å². The number of rotatable bonds is 5. The largest absolute Gasteiger partial charge is 0.370 e. The second kappa shape index (κ2) is 8.43. The molecule has 0 aromatic carbocycles. The Hall–Kier alpha value is -1.95. The lowest BCUT2D eigenvalue weighted by Gasteiger charge is -2.23. The molecule has 0 atom stereocenters. The van der Waals surface area contributed by atoms with Crippen LogP contribution in [-0.4, -0.2) is 51.2 Å². The first-order chi connectivity index (χ1) is 12.2. The minimum atomic E-state index is -0.699. The van der Waals surface area contributed by atoms with E-state index in [2.05, 4.69) is 16.7 Å². The van der Waals surface area contributed by atoms with Gasteiger partial charge in [0, 0.05) is 17.8 Å². The average molecular weight is 363 g/mol. The SMILES string of the molecule is N#Cc1c(NC(=O)C(=O)NCCC[NH+]2CCOCC2)sc2c1CCC2. The minimum absolute atomic E-state index is 0.475. The summed E-state index contributed by atoms with van der Waals surface area (Å²) in [5, 5.41) is 15.1. The number of quaternary nitrogens is 1. The van der Waals surface area contributed by atoms with Crippen LogP contribution in [0.2, 0.25) is 0 Å². The molecule has 0 saturated carbocycles. The second-order valence-electron chi connectivity index (χ2n) is 6.35. The number of thiophene rings is 1. The molecule has 1 aliphatic carbocycles. The number of nitriles is 1. The fourth-order valence-corrected chi connectivity index (χ4v) is 4.54. The van der Waals surface area contributed by atoms with Crippen LogP contribution in [0.5, 0.6) is 0 Å². The van der Waals surface area contributed by atoms with E-state index in [9.17, 15) is 14.9 Å². The zero-order valence-electron chi connectivity index (χ0n) is 14.2. The topological polar surface area (TPSA) is 95.7 Å². The number of ether oxygens (including phenoxy) is 1. The number of anilines is 1. The molecule has 1 fully saturated rings. The summed E-state index contributed by atoms with van der Waals surface area (Å²) in [6, 6.07) is 2.16. The van der Waals surface area contributed by atoms with Crippen molar-refractivity contribution in [1.29, 1.82) is 5.26 Å². The smallest absolute Gasteiger partial charge is 0.314 e. The third-order valence-electron chi connectivity index (χ3n) is 4.66. The summed E-state index contributed by atoms with van der Waals surface area (Å²) >= 11 is 1.42. The maximum Gasteiger partial charge on any atom is 0.314 e. The van der Waals surface area contributed by atoms with Crippen molar-refractivity contribution in [3.63, 3.8) is 0 Å². The van der Waals surface area contributed by atoms with Crippen molar-refractivity contribution in [2.24, 2.45) is 0 Å². The van der Waals surface area contributed by atoms with Crippen LogP contribution >= 0.6 is 11.3 Å². The Morgan fingerprint density at radius 3 is 2.80 bits per heavy atom. The molecule has 2 aliphatic rings. The van der Waals surface area contributed by atoms with Gasteiger partial charge in [0.15, 0.2) is 0 Å². The Morgan fingerprint density at radius 1 is 1.24 bits per heavy atom. The number of fused-ring (bicyclic) bond motifs is 1. The molecule has 8 heteroatoms. The van der Waals surface area contributed by atoms with Gasteiger partial charge in [-0.25, -0.2) is 0 Å². The predicted octanol–water partition coefficient (Wildman–Crippen LogP) is -0.532. The van der Waals surface area contributed by atoms with E-state index >= 15 is 0 Å². The number of nitrogens with zero attached hydrogens (tertiary/aromatic N) is 1. The molecule has 3 rings (SSSR count). The first kappa shape index (κ1) is 17.9. The molecule has 25 heavy (non-hydrogen) atoms. The van der Waals surface area contributed by atoms with Gasteiger partial charge in [-0.05, 0) is 24.8 Å². The molecule has 1 aliphatic heterocycles. The molecule has 1 aromatic rings. The highest BCUT2D eigenvalue weighted by Crippen LogP contribution is 2.38. The second-order valence-corrected chi connectivity index (χ2v) is 7.45. The van der Waals surface area contributed by atoms with Crippen molar-refractivity contribution in [3.8, 4) is 6.07 Å². The summed E-state index contributed by atoms with van der Waals surface area (Å²) in [7, 11) is 0.